The number of urea groups is 1. The number of cyclic esters (lactones) is 1. The number of carboxylic acid groups (broad SMARTS) is 1. The summed E-state index contributed by atoms with van der Waals surface area (Å²) in [5.41, 5.74) is -1.79. The van der Waals surface area contributed by atoms with E-state index in [1.54, 1.807) is 11.8 Å². The molecule has 6 atom stereocenters. The lowest BCUT2D eigenvalue weighted by Gasteiger charge is -2.32. The molecule has 5 N–H and O–H groups in total. The molecular formula is C16H22N2O8S. The standard InChI is InChI=1S/C16H22N2O8S/c19-5-4-16(14(23)24,12-10(20)11(21)13(22)26-12)3-1-2-8-9-7(6-27-8)17-15(25)18-9/h7-9,11-12,19,21H,1-6H2,(H,23,24)(H2,17,18,25)/t7-,8-,9-,11?,12-,16+/m0/s1. The predicted octanol–water partition coefficient (Wildman–Crippen LogP) is -1.37. The lowest BCUT2D eigenvalue weighted by atomic mass is 9.73. The van der Waals surface area contributed by atoms with Gasteiger partial charge < -0.3 is 30.7 Å². The van der Waals surface area contributed by atoms with Gasteiger partial charge in [0.05, 0.1) is 12.1 Å². The number of carboxylic acids is 1. The average molecular weight is 402 g/mol. The second-order valence-corrected chi connectivity index (χ2v) is 8.34. The fourth-order valence-electron chi connectivity index (χ4n) is 4.06. The Morgan fingerprint density at radius 1 is 1.26 bits per heavy atom. The third-order valence-corrected chi connectivity index (χ3v) is 7.03. The molecule has 0 saturated carbocycles. The lowest BCUT2D eigenvalue weighted by Crippen LogP contribution is -2.47. The van der Waals surface area contributed by atoms with Crippen molar-refractivity contribution >= 4 is 35.5 Å². The number of aliphatic carboxylic acids is 1. The number of carbonyl (C=O) groups is 4. The van der Waals surface area contributed by atoms with E-state index in [9.17, 15) is 34.5 Å². The zero-order valence-corrected chi connectivity index (χ0v) is 15.2. The Morgan fingerprint density at radius 3 is 2.59 bits per heavy atom. The molecule has 10 nitrogen and oxygen atoms in total. The van der Waals surface area contributed by atoms with E-state index in [4.69, 9.17) is 4.74 Å². The van der Waals surface area contributed by atoms with Gasteiger partial charge >= 0.3 is 18.0 Å². The van der Waals surface area contributed by atoms with Crippen LogP contribution >= 0.6 is 11.8 Å². The summed E-state index contributed by atoms with van der Waals surface area (Å²) in [6.45, 7) is -0.507. The first-order chi connectivity index (χ1) is 12.8. The van der Waals surface area contributed by atoms with Gasteiger partial charge in [-0.25, -0.2) is 9.59 Å². The van der Waals surface area contributed by atoms with Crippen molar-refractivity contribution in [3.63, 3.8) is 0 Å². The highest BCUT2D eigenvalue weighted by Gasteiger charge is 2.57. The second kappa shape index (κ2) is 7.64. The maximum Gasteiger partial charge on any atom is 0.343 e. The number of Topliss-reactive ketones (excluding diaryl/α,β-unsaturated/α-hetero) is 1. The van der Waals surface area contributed by atoms with E-state index < -0.39 is 42.0 Å². The Bertz CT molecular complexity index is 658. The molecule has 11 heteroatoms. The number of nitrogens with one attached hydrogen (secondary N) is 2. The first kappa shape index (κ1) is 19.9. The molecule has 3 aliphatic heterocycles. The van der Waals surface area contributed by atoms with Gasteiger partial charge in [0.1, 0.15) is 5.41 Å². The van der Waals surface area contributed by atoms with Crippen LogP contribution in [0.3, 0.4) is 0 Å². The normalized spacial score (nSPS) is 34.6. The highest BCUT2D eigenvalue weighted by molar-refractivity contribution is 8.00. The number of esters is 1. The van der Waals surface area contributed by atoms with Crippen molar-refractivity contribution in [2.45, 2.75) is 55.2 Å². The number of aliphatic hydroxyl groups excluding tert-OH is 2. The highest BCUT2D eigenvalue weighted by atomic mass is 32.2. The minimum Gasteiger partial charge on any atom is -0.481 e. The summed E-state index contributed by atoms with van der Waals surface area (Å²) >= 11 is 1.68. The monoisotopic (exact) mass is 402 g/mol. The number of hydrogen-bond donors (Lipinski definition) is 5. The highest BCUT2D eigenvalue weighted by Crippen LogP contribution is 2.40. The van der Waals surface area contributed by atoms with Crippen LogP contribution in [0.5, 0.6) is 0 Å². The molecule has 3 rings (SSSR count). The molecular weight excluding hydrogens is 380 g/mol. The quantitative estimate of drug-likeness (QED) is 0.187. The van der Waals surface area contributed by atoms with Gasteiger partial charge in [-0.2, -0.15) is 11.8 Å². The molecule has 2 amide bonds. The third kappa shape index (κ3) is 3.50. The number of aliphatic hydroxyl groups is 2. The fourth-order valence-corrected chi connectivity index (χ4v) is 5.60. The first-order valence-electron chi connectivity index (χ1n) is 8.75. The Morgan fingerprint density at radius 2 is 2.00 bits per heavy atom. The summed E-state index contributed by atoms with van der Waals surface area (Å²) < 4.78 is 4.87. The molecule has 3 heterocycles. The summed E-state index contributed by atoms with van der Waals surface area (Å²) in [4.78, 5) is 47.1. The molecule has 0 spiro atoms. The van der Waals surface area contributed by atoms with Gasteiger partial charge in [-0.15, -0.1) is 0 Å². The first-order valence-corrected chi connectivity index (χ1v) is 9.80. The summed E-state index contributed by atoms with van der Waals surface area (Å²) in [5.74, 6) is -2.75. The maximum absolute atomic E-state index is 12.1. The van der Waals surface area contributed by atoms with Crippen molar-refractivity contribution in [2.24, 2.45) is 5.41 Å². The van der Waals surface area contributed by atoms with Crippen LogP contribution in [0.1, 0.15) is 25.7 Å². The van der Waals surface area contributed by atoms with E-state index in [0.29, 0.717) is 12.8 Å². The summed E-state index contributed by atoms with van der Waals surface area (Å²) in [7, 11) is 0. The van der Waals surface area contributed by atoms with Gasteiger partial charge in [0, 0.05) is 17.6 Å². The number of rotatable bonds is 8. The minimum absolute atomic E-state index is 0.00484. The molecule has 0 aromatic heterocycles. The van der Waals surface area contributed by atoms with Crippen molar-refractivity contribution in [1.82, 2.24) is 10.6 Å². The fraction of sp³-hybridized carbons (Fsp3) is 0.750. The SMILES string of the molecule is O=C1N[C@H]2[C@H](CS[C@H]2CCC[C@](CCO)(C(=O)O)[C@H]2OC(=O)C(O)C2=O)N1. The van der Waals surface area contributed by atoms with Crippen molar-refractivity contribution in [3.05, 3.63) is 0 Å². The van der Waals surface area contributed by atoms with Crippen LogP contribution in [0.2, 0.25) is 0 Å². The summed E-state index contributed by atoms with van der Waals surface area (Å²) in [6, 6.07) is -0.207. The summed E-state index contributed by atoms with van der Waals surface area (Å²) in [6.07, 6.45) is -2.91. The second-order valence-electron chi connectivity index (χ2n) is 7.07. The zero-order chi connectivity index (χ0) is 19.8. The van der Waals surface area contributed by atoms with Crippen molar-refractivity contribution in [3.8, 4) is 0 Å². The topological polar surface area (TPSA) is 162 Å². The largest absolute Gasteiger partial charge is 0.481 e. The molecule has 0 aliphatic carbocycles. The molecule has 27 heavy (non-hydrogen) atoms. The van der Waals surface area contributed by atoms with Crippen molar-refractivity contribution in [2.75, 3.05) is 12.4 Å². The van der Waals surface area contributed by atoms with Crippen LogP contribution in [0.25, 0.3) is 0 Å². The zero-order valence-electron chi connectivity index (χ0n) is 14.4. The van der Waals surface area contributed by atoms with Gasteiger partial charge in [-0.05, 0) is 19.3 Å². The van der Waals surface area contributed by atoms with Crippen LogP contribution in [0, 0.1) is 5.41 Å². The molecule has 3 saturated heterocycles. The number of ether oxygens (including phenoxy) is 1. The van der Waals surface area contributed by atoms with Gasteiger partial charge in [0.25, 0.3) is 0 Å². The van der Waals surface area contributed by atoms with Gasteiger partial charge in [0.2, 0.25) is 11.9 Å². The average Bonchev–Trinajstić information content (AvgIpc) is 3.24. The van der Waals surface area contributed by atoms with E-state index in [2.05, 4.69) is 10.6 Å². The Hall–Kier alpha value is -1.85. The van der Waals surface area contributed by atoms with E-state index in [0.717, 1.165) is 5.75 Å². The smallest absolute Gasteiger partial charge is 0.343 e. The molecule has 0 aromatic carbocycles. The number of thioether (sulfide) groups is 1. The maximum atomic E-state index is 12.1. The van der Waals surface area contributed by atoms with Gasteiger partial charge in [-0.3, -0.25) is 9.59 Å². The van der Waals surface area contributed by atoms with Gasteiger partial charge in [-0.1, -0.05) is 6.42 Å². The van der Waals surface area contributed by atoms with E-state index in [1.165, 1.54) is 0 Å². The Kier molecular flexibility index (Phi) is 5.63. The van der Waals surface area contributed by atoms with Crippen molar-refractivity contribution < 1.29 is 39.2 Å². The van der Waals surface area contributed by atoms with Gasteiger partial charge in [0.15, 0.2) is 6.10 Å². The number of ketones is 1. The Labute approximate surface area is 159 Å². The molecule has 150 valence electrons. The third-order valence-electron chi connectivity index (χ3n) is 5.52. The Balaban J connectivity index is 1.69. The van der Waals surface area contributed by atoms with Crippen LogP contribution in [0.4, 0.5) is 4.79 Å². The summed E-state index contributed by atoms with van der Waals surface area (Å²) in [5, 5.41) is 34.4. The van der Waals surface area contributed by atoms with E-state index in [-0.39, 0.29) is 36.2 Å². The predicted molar refractivity (Wildman–Crippen MR) is 92.0 cm³/mol. The number of carbonyl (C=O) groups excluding carboxylic acids is 3. The molecule has 0 bridgehead atoms. The molecule has 0 radical (unpaired) electrons. The van der Waals surface area contributed by atoms with E-state index in [1.807, 2.05) is 0 Å². The van der Waals surface area contributed by atoms with Crippen LogP contribution in [-0.4, -0.2) is 81.0 Å². The van der Waals surface area contributed by atoms with Crippen LogP contribution < -0.4 is 10.6 Å². The molecule has 1 unspecified atom stereocenters. The minimum atomic E-state index is -1.99. The number of hydrogen-bond acceptors (Lipinski definition) is 8. The lowest BCUT2D eigenvalue weighted by molar-refractivity contribution is -0.168. The molecule has 3 aliphatic rings. The van der Waals surface area contributed by atoms with Crippen molar-refractivity contribution in [1.29, 1.82) is 0 Å². The number of fused-ring (bicyclic) bond motifs is 1. The van der Waals surface area contributed by atoms with Crippen LogP contribution in [-0.2, 0) is 19.1 Å². The van der Waals surface area contributed by atoms with E-state index >= 15 is 0 Å². The number of amides is 2. The molecule has 0 aromatic rings. The van der Waals surface area contributed by atoms with Crippen LogP contribution in [0.15, 0.2) is 0 Å². The molecule has 3 fully saturated rings.